The van der Waals surface area contributed by atoms with Crippen LogP contribution in [0.3, 0.4) is 0 Å². The third-order valence-electron chi connectivity index (χ3n) is 1.90. The van der Waals surface area contributed by atoms with E-state index in [4.69, 9.17) is 5.73 Å². The third kappa shape index (κ3) is 1.08. The maximum absolute atomic E-state index is 5.72. The molecule has 0 saturated heterocycles. The fourth-order valence-corrected chi connectivity index (χ4v) is 1.22. The van der Waals surface area contributed by atoms with Crippen LogP contribution in [0.2, 0.25) is 0 Å². The molecule has 0 saturated carbocycles. The Morgan fingerprint density at radius 3 is 3.08 bits per heavy atom. The quantitative estimate of drug-likeness (QED) is 0.667. The average Bonchev–Trinajstić information content (AvgIpc) is 2.46. The molecule has 12 heavy (non-hydrogen) atoms. The molecule has 0 spiro atoms. The van der Waals surface area contributed by atoms with Crippen LogP contribution in [0.1, 0.15) is 18.7 Å². The Labute approximate surface area is 70.6 Å². The van der Waals surface area contributed by atoms with E-state index >= 15 is 0 Å². The van der Waals surface area contributed by atoms with E-state index in [1.165, 1.54) is 0 Å². The van der Waals surface area contributed by atoms with E-state index in [0.717, 1.165) is 16.7 Å². The molecule has 3 heteroatoms. The molecule has 0 aliphatic heterocycles. The van der Waals surface area contributed by atoms with Gasteiger partial charge in [0.2, 0.25) is 0 Å². The Hall–Kier alpha value is -1.35. The average molecular weight is 161 g/mol. The van der Waals surface area contributed by atoms with Gasteiger partial charge >= 0.3 is 0 Å². The lowest BCUT2D eigenvalue weighted by Crippen LogP contribution is -2.04. The minimum absolute atomic E-state index is 0.0409. The highest BCUT2D eigenvalue weighted by Gasteiger charge is 2.03. The molecule has 0 bridgehead atoms. The number of hydrogen-bond donors (Lipinski definition) is 2. The summed E-state index contributed by atoms with van der Waals surface area (Å²) in [4.78, 5) is 7.33. The second-order valence-electron chi connectivity index (χ2n) is 2.95. The monoisotopic (exact) mass is 161 g/mol. The van der Waals surface area contributed by atoms with Crippen molar-refractivity contribution < 1.29 is 0 Å². The maximum Gasteiger partial charge on any atom is 0.137 e. The van der Waals surface area contributed by atoms with Crippen LogP contribution in [0.5, 0.6) is 0 Å². The Bertz CT molecular complexity index is 356. The fraction of sp³-hybridized carbons (Fsp3) is 0.222. The van der Waals surface area contributed by atoms with Crippen molar-refractivity contribution in [2.75, 3.05) is 0 Å². The first-order valence-electron chi connectivity index (χ1n) is 3.96. The number of fused-ring (bicyclic) bond motifs is 1. The topological polar surface area (TPSA) is 54.7 Å². The van der Waals surface area contributed by atoms with Crippen molar-refractivity contribution in [2.24, 2.45) is 5.73 Å². The van der Waals surface area contributed by atoms with Gasteiger partial charge in [-0.15, -0.1) is 0 Å². The summed E-state index contributed by atoms with van der Waals surface area (Å²) in [5.41, 5.74) is 7.66. The molecule has 1 atom stereocenters. The molecule has 0 aliphatic rings. The standard InChI is InChI=1S/C9H11N3/c1-6(10)8-5-7-3-2-4-11-9(7)12-8/h2-6H,10H2,1H3,(H,11,12). The third-order valence-corrected chi connectivity index (χ3v) is 1.90. The molecule has 2 aromatic heterocycles. The summed E-state index contributed by atoms with van der Waals surface area (Å²) in [6.45, 7) is 1.95. The number of aromatic amines is 1. The molecular formula is C9H11N3. The van der Waals surface area contributed by atoms with Gasteiger partial charge in [-0.2, -0.15) is 0 Å². The molecular weight excluding hydrogens is 150 g/mol. The second-order valence-corrected chi connectivity index (χ2v) is 2.95. The normalized spacial score (nSPS) is 13.5. The SMILES string of the molecule is CC(N)c1cc2cccnc2[nH]1. The molecule has 2 heterocycles. The van der Waals surface area contributed by atoms with Gasteiger partial charge in [0.25, 0.3) is 0 Å². The van der Waals surface area contributed by atoms with E-state index in [1.807, 2.05) is 25.1 Å². The van der Waals surface area contributed by atoms with Gasteiger partial charge in [-0.05, 0) is 25.1 Å². The van der Waals surface area contributed by atoms with Gasteiger partial charge in [-0.1, -0.05) is 0 Å². The Morgan fingerprint density at radius 1 is 1.58 bits per heavy atom. The molecule has 2 aromatic rings. The van der Waals surface area contributed by atoms with Crippen LogP contribution in [0, 0.1) is 0 Å². The van der Waals surface area contributed by atoms with E-state index < -0.39 is 0 Å². The molecule has 3 nitrogen and oxygen atoms in total. The molecule has 2 rings (SSSR count). The zero-order valence-corrected chi connectivity index (χ0v) is 6.91. The first kappa shape index (κ1) is 7.31. The number of hydrogen-bond acceptors (Lipinski definition) is 2. The molecule has 0 radical (unpaired) electrons. The molecule has 1 unspecified atom stereocenters. The minimum Gasteiger partial charge on any atom is -0.342 e. The van der Waals surface area contributed by atoms with E-state index in [2.05, 4.69) is 9.97 Å². The maximum atomic E-state index is 5.72. The molecule has 0 amide bonds. The van der Waals surface area contributed by atoms with Crippen molar-refractivity contribution in [3.63, 3.8) is 0 Å². The van der Waals surface area contributed by atoms with E-state index in [0.29, 0.717) is 0 Å². The smallest absolute Gasteiger partial charge is 0.137 e. The van der Waals surface area contributed by atoms with Crippen molar-refractivity contribution in [1.82, 2.24) is 9.97 Å². The van der Waals surface area contributed by atoms with Crippen LogP contribution < -0.4 is 5.73 Å². The number of rotatable bonds is 1. The highest BCUT2D eigenvalue weighted by Crippen LogP contribution is 2.15. The van der Waals surface area contributed by atoms with Gasteiger partial charge in [-0.25, -0.2) is 4.98 Å². The van der Waals surface area contributed by atoms with Crippen LogP contribution in [0.15, 0.2) is 24.4 Å². The molecule has 3 N–H and O–H groups in total. The van der Waals surface area contributed by atoms with E-state index in [-0.39, 0.29) is 6.04 Å². The Kier molecular flexibility index (Phi) is 1.59. The first-order valence-corrected chi connectivity index (χ1v) is 3.96. The zero-order chi connectivity index (χ0) is 8.55. The number of aromatic nitrogens is 2. The number of nitrogens with two attached hydrogens (primary N) is 1. The predicted octanol–water partition coefficient (Wildman–Crippen LogP) is 1.58. The van der Waals surface area contributed by atoms with E-state index in [9.17, 15) is 0 Å². The summed E-state index contributed by atoms with van der Waals surface area (Å²) in [6.07, 6.45) is 1.77. The van der Waals surface area contributed by atoms with Gasteiger partial charge in [0, 0.05) is 23.3 Å². The number of nitrogens with zero attached hydrogens (tertiary/aromatic N) is 1. The number of pyridine rings is 1. The summed E-state index contributed by atoms with van der Waals surface area (Å²) in [6, 6.07) is 6.01. The van der Waals surface area contributed by atoms with Crippen LogP contribution in [-0.4, -0.2) is 9.97 Å². The summed E-state index contributed by atoms with van der Waals surface area (Å²) in [5.74, 6) is 0. The molecule has 0 aliphatic carbocycles. The van der Waals surface area contributed by atoms with E-state index in [1.54, 1.807) is 6.20 Å². The van der Waals surface area contributed by atoms with Crippen LogP contribution in [-0.2, 0) is 0 Å². The van der Waals surface area contributed by atoms with Crippen LogP contribution in [0.25, 0.3) is 11.0 Å². The fourth-order valence-electron chi connectivity index (χ4n) is 1.22. The van der Waals surface area contributed by atoms with Gasteiger partial charge in [-0.3, -0.25) is 0 Å². The lowest BCUT2D eigenvalue weighted by molar-refractivity contribution is 0.791. The number of nitrogens with one attached hydrogen (secondary N) is 1. The highest BCUT2D eigenvalue weighted by molar-refractivity contribution is 5.76. The molecule has 0 fully saturated rings. The molecule has 0 aromatic carbocycles. The first-order chi connectivity index (χ1) is 5.77. The predicted molar refractivity (Wildman–Crippen MR) is 48.7 cm³/mol. The van der Waals surface area contributed by atoms with Gasteiger partial charge < -0.3 is 10.7 Å². The highest BCUT2D eigenvalue weighted by atomic mass is 14.9. The van der Waals surface area contributed by atoms with Gasteiger partial charge in [0.05, 0.1) is 0 Å². The number of H-pyrrole nitrogens is 1. The summed E-state index contributed by atoms with van der Waals surface area (Å²) >= 11 is 0. The minimum atomic E-state index is 0.0409. The lowest BCUT2D eigenvalue weighted by Gasteiger charge is -1.97. The van der Waals surface area contributed by atoms with Crippen molar-refractivity contribution in [1.29, 1.82) is 0 Å². The van der Waals surface area contributed by atoms with Crippen molar-refractivity contribution in [2.45, 2.75) is 13.0 Å². The second kappa shape index (κ2) is 2.60. The largest absolute Gasteiger partial charge is 0.342 e. The Balaban J connectivity index is 2.62. The van der Waals surface area contributed by atoms with Crippen molar-refractivity contribution in [3.8, 4) is 0 Å². The molecule has 62 valence electrons. The summed E-state index contributed by atoms with van der Waals surface area (Å²) in [7, 11) is 0. The van der Waals surface area contributed by atoms with Crippen molar-refractivity contribution >= 4 is 11.0 Å². The summed E-state index contributed by atoms with van der Waals surface area (Å²) < 4.78 is 0. The summed E-state index contributed by atoms with van der Waals surface area (Å²) in [5, 5.41) is 1.12. The lowest BCUT2D eigenvalue weighted by atomic mass is 10.2. The van der Waals surface area contributed by atoms with Gasteiger partial charge in [0.15, 0.2) is 0 Å². The Morgan fingerprint density at radius 2 is 2.42 bits per heavy atom. The van der Waals surface area contributed by atoms with Gasteiger partial charge in [0.1, 0.15) is 5.65 Å². The van der Waals surface area contributed by atoms with Crippen LogP contribution >= 0.6 is 0 Å². The van der Waals surface area contributed by atoms with Crippen LogP contribution in [0.4, 0.5) is 0 Å². The van der Waals surface area contributed by atoms with Crippen molar-refractivity contribution in [3.05, 3.63) is 30.1 Å². The zero-order valence-electron chi connectivity index (χ0n) is 6.91.